The highest BCUT2D eigenvalue weighted by molar-refractivity contribution is 4.95. The third-order valence-electron chi connectivity index (χ3n) is 4.77. The molecule has 104 valence electrons. The normalized spacial score (nSPS) is 37.8. The standard InChI is InChI=1S/C15H28N2O/c1-11(2)10-17-7-5-12(6-8-17)16-14-9-13-3-4-15(14)18-13/h11-16H,3-10H2,1-2H3/t13-,14-,15-/m1/s1. The zero-order valence-electron chi connectivity index (χ0n) is 11.9. The molecule has 0 unspecified atom stereocenters. The van der Waals surface area contributed by atoms with Crippen molar-refractivity contribution in [1.29, 1.82) is 0 Å². The van der Waals surface area contributed by atoms with Gasteiger partial charge in [-0.15, -0.1) is 0 Å². The number of hydrogen-bond acceptors (Lipinski definition) is 3. The van der Waals surface area contributed by atoms with Crippen LogP contribution in [0.5, 0.6) is 0 Å². The van der Waals surface area contributed by atoms with Gasteiger partial charge in [0.15, 0.2) is 0 Å². The van der Waals surface area contributed by atoms with Crippen LogP contribution in [0.2, 0.25) is 0 Å². The summed E-state index contributed by atoms with van der Waals surface area (Å²) in [5.41, 5.74) is 0. The molecule has 0 aromatic carbocycles. The van der Waals surface area contributed by atoms with Gasteiger partial charge in [0.05, 0.1) is 12.2 Å². The topological polar surface area (TPSA) is 24.5 Å². The minimum Gasteiger partial charge on any atom is -0.373 e. The van der Waals surface area contributed by atoms with E-state index in [0.29, 0.717) is 18.2 Å². The molecule has 0 aromatic heterocycles. The summed E-state index contributed by atoms with van der Waals surface area (Å²) >= 11 is 0. The number of nitrogens with zero attached hydrogens (tertiary/aromatic N) is 1. The average Bonchev–Trinajstić information content (AvgIpc) is 2.93. The van der Waals surface area contributed by atoms with Gasteiger partial charge in [0.2, 0.25) is 0 Å². The van der Waals surface area contributed by atoms with E-state index >= 15 is 0 Å². The summed E-state index contributed by atoms with van der Waals surface area (Å²) in [4.78, 5) is 2.63. The Hall–Kier alpha value is -0.120. The zero-order valence-corrected chi connectivity index (χ0v) is 11.9. The van der Waals surface area contributed by atoms with Gasteiger partial charge in [-0.05, 0) is 51.1 Å². The van der Waals surface area contributed by atoms with Crippen LogP contribution in [0.4, 0.5) is 0 Å². The molecule has 1 N–H and O–H groups in total. The van der Waals surface area contributed by atoms with Crippen LogP contribution in [0.15, 0.2) is 0 Å². The summed E-state index contributed by atoms with van der Waals surface area (Å²) in [6.45, 7) is 8.45. The Morgan fingerprint density at radius 2 is 1.94 bits per heavy atom. The maximum absolute atomic E-state index is 5.93. The van der Waals surface area contributed by atoms with Gasteiger partial charge in [-0.1, -0.05) is 13.8 Å². The molecule has 0 radical (unpaired) electrons. The molecule has 3 nitrogen and oxygen atoms in total. The predicted molar refractivity (Wildman–Crippen MR) is 73.7 cm³/mol. The van der Waals surface area contributed by atoms with E-state index < -0.39 is 0 Å². The van der Waals surface area contributed by atoms with E-state index in [1.165, 1.54) is 51.7 Å². The molecular formula is C15H28N2O. The van der Waals surface area contributed by atoms with Crippen molar-refractivity contribution in [2.45, 2.75) is 70.2 Å². The van der Waals surface area contributed by atoms with E-state index in [9.17, 15) is 0 Å². The van der Waals surface area contributed by atoms with Crippen LogP contribution in [0.25, 0.3) is 0 Å². The fourth-order valence-corrected chi connectivity index (χ4v) is 3.91. The minimum absolute atomic E-state index is 0.531. The number of piperidine rings is 1. The monoisotopic (exact) mass is 252 g/mol. The number of rotatable bonds is 4. The average molecular weight is 252 g/mol. The SMILES string of the molecule is CC(C)CN1CCC(N[C@@H]2C[C@H]3CC[C@H]2O3)CC1. The molecule has 3 atom stereocenters. The lowest BCUT2D eigenvalue weighted by Gasteiger charge is -2.35. The Balaban J connectivity index is 1.40. The summed E-state index contributed by atoms with van der Waals surface area (Å²) in [6.07, 6.45) is 7.60. The first-order valence-electron chi connectivity index (χ1n) is 7.84. The maximum atomic E-state index is 5.93. The first-order chi connectivity index (χ1) is 8.70. The molecular weight excluding hydrogens is 224 g/mol. The van der Waals surface area contributed by atoms with Crippen LogP contribution < -0.4 is 5.32 Å². The molecule has 18 heavy (non-hydrogen) atoms. The second kappa shape index (κ2) is 5.48. The van der Waals surface area contributed by atoms with Crippen LogP contribution in [0, 0.1) is 5.92 Å². The molecule has 3 fully saturated rings. The van der Waals surface area contributed by atoms with Gasteiger partial charge in [-0.2, -0.15) is 0 Å². The van der Waals surface area contributed by atoms with Crippen LogP contribution in [-0.4, -0.2) is 48.8 Å². The third-order valence-corrected chi connectivity index (χ3v) is 4.77. The molecule has 0 aliphatic carbocycles. The predicted octanol–water partition coefficient (Wildman–Crippen LogP) is 2.02. The van der Waals surface area contributed by atoms with E-state index in [1.54, 1.807) is 0 Å². The molecule has 0 amide bonds. The zero-order chi connectivity index (χ0) is 12.5. The second-order valence-corrected chi connectivity index (χ2v) is 6.85. The van der Waals surface area contributed by atoms with Gasteiger partial charge in [0, 0.05) is 18.6 Å². The quantitative estimate of drug-likeness (QED) is 0.828. The highest BCUT2D eigenvalue weighted by atomic mass is 16.5. The number of fused-ring (bicyclic) bond motifs is 2. The Morgan fingerprint density at radius 1 is 1.17 bits per heavy atom. The fraction of sp³-hybridized carbons (Fsp3) is 1.00. The molecule has 3 aliphatic heterocycles. The van der Waals surface area contributed by atoms with E-state index in [0.717, 1.165) is 12.0 Å². The Labute approximate surface area is 111 Å². The smallest absolute Gasteiger partial charge is 0.0733 e. The van der Waals surface area contributed by atoms with Crippen LogP contribution in [-0.2, 0) is 4.74 Å². The van der Waals surface area contributed by atoms with E-state index in [2.05, 4.69) is 24.1 Å². The lowest BCUT2D eigenvalue weighted by Crippen LogP contribution is -2.49. The van der Waals surface area contributed by atoms with Crippen molar-refractivity contribution in [1.82, 2.24) is 10.2 Å². The second-order valence-electron chi connectivity index (χ2n) is 6.85. The van der Waals surface area contributed by atoms with Gasteiger partial charge in [-0.25, -0.2) is 0 Å². The van der Waals surface area contributed by atoms with Gasteiger partial charge >= 0.3 is 0 Å². The first kappa shape index (κ1) is 12.9. The molecule has 3 heterocycles. The van der Waals surface area contributed by atoms with Gasteiger partial charge in [-0.3, -0.25) is 0 Å². The summed E-state index contributed by atoms with van der Waals surface area (Å²) in [7, 11) is 0. The Bertz CT molecular complexity index is 274. The molecule has 0 aromatic rings. The highest BCUT2D eigenvalue weighted by Gasteiger charge is 2.41. The van der Waals surface area contributed by atoms with Crippen LogP contribution >= 0.6 is 0 Å². The molecule has 0 saturated carbocycles. The third kappa shape index (κ3) is 2.89. The minimum atomic E-state index is 0.531. The summed E-state index contributed by atoms with van der Waals surface area (Å²) < 4.78 is 5.93. The van der Waals surface area contributed by atoms with Crippen LogP contribution in [0.1, 0.15) is 46.0 Å². The lowest BCUT2D eigenvalue weighted by atomic mass is 9.93. The van der Waals surface area contributed by atoms with Crippen molar-refractivity contribution in [3.05, 3.63) is 0 Å². The van der Waals surface area contributed by atoms with Gasteiger partial charge in [0.1, 0.15) is 0 Å². The first-order valence-corrected chi connectivity index (χ1v) is 7.84. The maximum Gasteiger partial charge on any atom is 0.0733 e. The molecule has 2 bridgehead atoms. The van der Waals surface area contributed by atoms with Crippen LogP contribution in [0.3, 0.4) is 0 Å². The van der Waals surface area contributed by atoms with Gasteiger partial charge < -0.3 is 15.0 Å². The molecule has 3 aliphatic rings. The summed E-state index contributed by atoms with van der Waals surface area (Å²) in [6, 6.07) is 1.40. The molecule has 3 saturated heterocycles. The van der Waals surface area contributed by atoms with Crippen molar-refractivity contribution >= 4 is 0 Å². The van der Waals surface area contributed by atoms with Crippen molar-refractivity contribution in [2.24, 2.45) is 5.92 Å². The Kier molecular flexibility index (Phi) is 3.92. The van der Waals surface area contributed by atoms with E-state index in [-0.39, 0.29) is 0 Å². The largest absolute Gasteiger partial charge is 0.373 e. The number of likely N-dealkylation sites (tertiary alicyclic amines) is 1. The van der Waals surface area contributed by atoms with E-state index in [4.69, 9.17) is 4.74 Å². The van der Waals surface area contributed by atoms with E-state index in [1.807, 2.05) is 0 Å². The molecule has 0 spiro atoms. The number of hydrogen-bond donors (Lipinski definition) is 1. The van der Waals surface area contributed by atoms with Gasteiger partial charge in [0.25, 0.3) is 0 Å². The van der Waals surface area contributed by atoms with Crippen molar-refractivity contribution in [2.75, 3.05) is 19.6 Å². The van der Waals surface area contributed by atoms with Crippen molar-refractivity contribution in [3.63, 3.8) is 0 Å². The number of nitrogens with one attached hydrogen (secondary N) is 1. The number of ether oxygens (including phenoxy) is 1. The lowest BCUT2D eigenvalue weighted by molar-refractivity contribution is 0.0930. The molecule has 3 rings (SSSR count). The summed E-state index contributed by atoms with van der Waals surface area (Å²) in [5.74, 6) is 0.800. The molecule has 3 heteroatoms. The summed E-state index contributed by atoms with van der Waals surface area (Å²) in [5, 5.41) is 3.87. The fourth-order valence-electron chi connectivity index (χ4n) is 3.91. The Morgan fingerprint density at radius 3 is 2.50 bits per heavy atom. The van der Waals surface area contributed by atoms with Crippen molar-refractivity contribution in [3.8, 4) is 0 Å². The van der Waals surface area contributed by atoms with Crippen molar-refractivity contribution < 1.29 is 4.74 Å². The highest BCUT2D eigenvalue weighted by Crippen LogP contribution is 2.34.